The maximum Gasteiger partial charge on any atom is 0.0608 e. The van der Waals surface area contributed by atoms with Crippen LogP contribution in [0.4, 0.5) is 0 Å². The van der Waals surface area contributed by atoms with Crippen molar-refractivity contribution in [2.24, 2.45) is 7.05 Å². The molecule has 2 aromatic rings. The van der Waals surface area contributed by atoms with Crippen LogP contribution in [-0.4, -0.2) is 16.8 Å². The summed E-state index contributed by atoms with van der Waals surface area (Å²) in [6, 6.07) is 6.09. The first-order valence-corrected chi connectivity index (χ1v) is 5.91. The van der Waals surface area contributed by atoms with Crippen LogP contribution in [0.2, 0.25) is 5.02 Å². The van der Waals surface area contributed by atoms with E-state index >= 15 is 0 Å². The first-order chi connectivity index (χ1) is 8.11. The van der Waals surface area contributed by atoms with E-state index in [0.717, 1.165) is 10.6 Å². The lowest BCUT2D eigenvalue weighted by Crippen LogP contribution is -2.18. The van der Waals surface area contributed by atoms with Crippen LogP contribution in [-0.2, 0) is 7.05 Å². The summed E-state index contributed by atoms with van der Waals surface area (Å²) in [4.78, 5) is 0. The zero-order valence-electron chi connectivity index (χ0n) is 10.2. The van der Waals surface area contributed by atoms with E-state index in [-0.39, 0.29) is 6.04 Å². The van der Waals surface area contributed by atoms with E-state index in [1.165, 1.54) is 11.1 Å². The number of halogens is 1. The summed E-state index contributed by atoms with van der Waals surface area (Å²) >= 11 is 6.06. The number of nitrogens with one attached hydrogen (secondary N) is 1. The second-order valence-electron chi connectivity index (χ2n) is 4.17. The van der Waals surface area contributed by atoms with E-state index in [0.29, 0.717) is 0 Å². The second kappa shape index (κ2) is 4.90. The van der Waals surface area contributed by atoms with Crippen LogP contribution in [0.5, 0.6) is 0 Å². The first-order valence-electron chi connectivity index (χ1n) is 5.53. The van der Waals surface area contributed by atoms with Crippen LogP contribution in [0, 0.1) is 6.92 Å². The summed E-state index contributed by atoms with van der Waals surface area (Å²) in [5.74, 6) is 0. The van der Waals surface area contributed by atoms with Gasteiger partial charge in [0.1, 0.15) is 0 Å². The van der Waals surface area contributed by atoms with E-state index in [2.05, 4.69) is 17.3 Å². The van der Waals surface area contributed by atoms with Gasteiger partial charge in [-0.15, -0.1) is 0 Å². The Balaban J connectivity index is 2.45. The predicted molar refractivity (Wildman–Crippen MR) is 70.3 cm³/mol. The number of hydrogen-bond acceptors (Lipinski definition) is 2. The largest absolute Gasteiger partial charge is 0.309 e. The molecule has 17 heavy (non-hydrogen) atoms. The van der Waals surface area contributed by atoms with Gasteiger partial charge >= 0.3 is 0 Å². The fourth-order valence-electron chi connectivity index (χ4n) is 2.01. The SMILES string of the molecule is CNC(c1cnn(C)c1)c1cc(Cl)ccc1C. The zero-order valence-corrected chi connectivity index (χ0v) is 11.0. The van der Waals surface area contributed by atoms with Crippen molar-refractivity contribution >= 4 is 11.6 Å². The molecule has 1 atom stereocenters. The fourth-order valence-corrected chi connectivity index (χ4v) is 2.19. The van der Waals surface area contributed by atoms with Crippen molar-refractivity contribution in [2.75, 3.05) is 7.05 Å². The molecule has 0 amide bonds. The molecule has 0 fully saturated rings. The number of benzene rings is 1. The Bertz CT molecular complexity index is 519. The minimum atomic E-state index is 0.127. The first kappa shape index (κ1) is 12.1. The van der Waals surface area contributed by atoms with Crippen LogP contribution in [0.1, 0.15) is 22.7 Å². The van der Waals surface area contributed by atoms with Crippen molar-refractivity contribution in [3.63, 3.8) is 0 Å². The number of aryl methyl sites for hydroxylation is 2. The predicted octanol–water partition coefficient (Wildman–Crippen LogP) is 2.69. The molecule has 90 valence electrons. The maximum atomic E-state index is 6.06. The van der Waals surface area contributed by atoms with Crippen molar-refractivity contribution < 1.29 is 0 Å². The van der Waals surface area contributed by atoms with Crippen molar-refractivity contribution in [1.29, 1.82) is 0 Å². The molecule has 2 rings (SSSR count). The van der Waals surface area contributed by atoms with Gasteiger partial charge in [0.05, 0.1) is 12.2 Å². The monoisotopic (exact) mass is 249 g/mol. The molecule has 0 bridgehead atoms. The molecule has 0 spiro atoms. The molecule has 0 aliphatic carbocycles. The molecular formula is C13H16ClN3. The van der Waals surface area contributed by atoms with E-state index in [4.69, 9.17) is 11.6 Å². The van der Waals surface area contributed by atoms with Gasteiger partial charge in [-0.05, 0) is 37.2 Å². The summed E-state index contributed by atoms with van der Waals surface area (Å²) in [7, 11) is 3.86. The van der Waals surface area contributed by atoms with Crippen LogP contribution in [0.25, 0.3) is 0 Å². The molecule has 4 heteroatoms. The van der Waals surface area contributed by atoms with Gasteiger partial charge < -0.3 is 5.32 Å². The molecule has 1 N–H and O–H groups in total. The van der Waals surface area contributed by atoms with Gasteiger partial charge in [-0.25, -0.2) is 0 Å². The summed E-state index contributed by atoms with van der Waals surface area (Å²) in [6.07, 6.45) is 3.89. The highest BCUT2D eigenvalue weighted by Gasteiger charge is 2.15. The van der Waals surface area contributed by atoms with Crippen molar-refractivity contribution in [2.45, 2.75) is 13.0 Å². The lowest BCUT2D eigenvalue weighted by Gasteiger charge is -2.17. The van der Waals surface area contributed by atoms with Crippen LogP contribution in [0.15, 0.2) is 30.6 Å². The lowest BCUT2D eigenvalue weighted by atomic mass is 9.97. The Morgan fingerprint density at radius 3 is 2.76 bits per heavy atom. The standard InChI is InChI=1S/C13H16ClN3/c1-9-4-5-11(14)6-12(9)13(15-2)10-7-16-17(3)8-10/h4-8,13,15H,1-3H3. The van der Waals surface area contributed by atoms with Crippen molar-refractivity contribution in [1.82, 2.24) is 15.1 Å². The highest BCUT2D eigenvalue weighted by atomic mass is 35.5. The number of rotatable bonds is 3. The Labute approximate surface area is 106 Å². The molecular weight excluding hydrogens is 234 g/mol. The van der Waals surface area contributed by atoms with Gasteiger partial charge in [0.25, 0.3) is 0 Å². The molecule has 0 radical (unpaired) electrons. The van der Waals surface area contributed by atoms with Crippen molar-refractivity contribution in [3.8, 4) is 0 Å². The highest BCUT2D eigenvalue weighted by Crippen LogP contribution is 2.26. The van der Waals surface area contributed by atoms with Crippen LogP contribution in [0.3, 0.4) is 0 Å². The van der Waals surface area contributed by atoms with E-state index < -0.39 is 0 Å². The number of hydrogen-bond donors (Lipinski definition) is 1. The van der Waals surface area contributed by atoms with Crippen molar-refractivity contribution in [3.05, 3.63) is 52.3 Å². The van der Waals surface area contributed by atoms with Gasteiger partial charge in [0, 0.05) is 23.8 Å². The highest BCUT2D eigenvalue weighted by molar-refractivity contribution is 6.30. The van der Waals surface area contributed by atoms with Crippen LogP contribution < -0.4 is 5.32 Å². The molecule has 3 nitrogen and oxygen atoms in total. The lowest BCUT2D eigenvalue weighted by molar-refractivity contribution is 0.685. The number of aromatic nitrogens is 2. The molecule has 0 aliphatic heterocycles. The smallest absolute Gasteiger partial charge is 0.0608 e. The van der Waals surface area contributed by atoms with Crippen LogP contribution >= 0.6 is 11.6 Å². The van der Waals surface area contributed by atoms with E-state index in [9.17, 15) is 0 Å². The Kier molecular flexibility index (Phi) is 3.50. The van der Waals surface area contributed by atoms with Gasteiger partial charge in [-0.2, -0.15) is 5.10 Å². The van der Waals surface area contributed by atoms with E-state index in [1.807, 2.05) is 44.7 Å². The van der Waals surface area contributed by atoms with Gasteiger partial charge in [-0.3, -0.25) is 4.68 Å². The third-order valence-electron chi connectivity index (χ3n) is 2.90. The molecule has 0 saturated carbocycles. The third kappa shape index (κ3) is 2.51. The average molecular weight is 250 g/mol. The minimum Gasteiger partial charge on any atom is -0.309 e. The quantitative estimate of drug-likeness (QED) is 0.907. The van der Waals surface area contributed by atoms with Gasteiger partial charge in [0.2, 0.25) is 0 Å². The van der Waals surface area contributed by atoms with E-state index in [1.54, 1.807) is 4.68 Å². The summed E-state index contributed by atoms with van der Waals surface area (Å²) in [5, 5.41) is 8.27. The fraction of sp³-hybridized carbons (Fsp3) is 0.308. The number of nitrogens with zero attached hydrogens (tertiary/aromatic N) is 2. The maximum absolute atomic E-state index is 6.06. The molecule has 1 heterocycles. The summed E-state index contributed by atoms with van der Waals surface area (Å²) in [6.45, 7) is 2.09. The zero-order chi connectivity index (χ0) is 12.4. The Hall–Kier alpha value is -1.32. The molecule has 0 saturated heterocycles. The third-order valence-corrected chi connectivity index (χ3v) is 3.13. The average Bonchev–Trinajstić information content (AvgIpc) is 2.71. The molecule has 1 aromatic heterocycles. The summed E-state index contributed by atoms with van der Waals surface area (Å²) < 4.78 is 1.81. The Morgan fingerprint density at radius 1 is 1.41 bits per heavy atom. The summed E-state index contributed by atoms with van der Waals surface area (Å²) in [5.41, 5.74) is 3.55. The van der Waals surface area contributed by atoms with Gasteiger partial charge in [0.15, 0.2) is 0 Å². The van der Waals surface area contributed by atoms with Gasteiger partial charge in [-0.1, -0.05) is 17.7 Å². The second-order valence-corrected chi connectivity index (χ2v) is 4.61. The Morgan fingerprint density at radius 2 is 2.18 bits per heavy atom. The molecule has 1 aromatic carbocycles. The topological polar surface area (TPSA) is 29.9 Å². The molecule has 1 unspecified atom stereocenters. The molecule has 0 aliphatic rings. The normalized spacial score (nSPS) is 12.7. The minimum absolute atomic E-state index is 0.127.